The van der Waals surface area contributed by atoms with E-state index in [0.29, 0.717) is 26.1 Å². The van der Waals surface area contributed by atoms with Crippen LogP contribution in [0.15, 0.2) is 24.3 Å². The van der Waals surface area contributed by atoms with Crippen molar-refractivity contribution in [2.24, 2.45) is 0 Å². The van der Waals surface area contributed by atoms with Gasteiger partial charge in [-0.25, -0.2) is 9.59 Å². The van der Waals surface area contributed by atoms with E-state index in [2.05, 4.69) is 16.0 Å². The fraction of sp³-hybridized carbons (Fsp3) is 0.471. The molecular weight excluding hydrogens is 324 g/mol. The number of urea groups is 2. The standard InChI is InChI=1S/C17H24N4O4/c1-12(20-16(24)18-9-2-4-15(22)23)13-5-7-14(8-6-13)21-11-3-10-19-17(21)25/h5-8,12H,2-4,9-11H2,1H3,(H,19,25)(H,22,23)(H2,18,20,24). The number of anilines is 1. The highest BCUT2D eigenvalue weighted by atomic mass is 16.4. The number of carbonyl (C=O) groups is 3. The zero-order valence-electron chi connectivity index (χ0n) is 14.2. The molecule has 0 radical (unpaired) electrons. The number of carboxylic acid groups (broad SMARTS) is 1. The lowest BCUT2D eigenvalue weighted by Crippen LogP contribution is -2.46. The molecule has 4 amide bonds. The Morgan fingerprint density at radius 1 is 1.32 bits per heavy atom. The van der Waals surface area contributed by atoms with Crippen LogP contribution in [-0.4, -0.2) is 42.8 Å². The molecule has 0 spiro atoms. The molecule has 25 heavy (non-hydrogen) atoms. The Bertz CT molecular complexity index is 618. The minimum absolute atomic E-state index is 0.0291. The normalized spacial score (nSPS) is 15.2. The van der Waals surface area contributed by atoms with Crippen LogP contribution in [0.4, 0.5) is 15.3 Å². The Morgan fingerprint density at radius 3 is 2.68 bits per heavy atom. The van der Waals surface area contributed by atoms with Crippen molar-refractivity contribution in [1.82, 2.24) is 16.0 Å². The third-order valence-corrected chi connectivity index (χ3v) is 3.99. The molecule has 1 aromatic carbocycles. The van der Waals surface area contributed by atoms with Crippen molar-refractivity contribution < 1.29 is 19.5 Å². The van der Waals surface area contributed by atoms with E-state index in [1.54, 1.807) is 4.90 Å². The number of carboxylic acids is 1. The van der Waals surface area contributed by atoms with Crippen LogP contribution >= 0.6 is 0 Å². The number of aliphatic carboxylic acids is 1. The molecule has 2 rings (SSSR count). The van der Waals surface area contributed by atoms with E-state index in [9.17, 15) is 14.4 Å². The molecule has 0 bridgehead atoms. The molecule has 0 aliphatic carbocycles. The predicted octanol–water partition coefficient (Wildman–Crippen LogP) is 1.83. The first kappa shape index (κ1) is 18.6. The van der Waals surface area contributed by atoms with Gasteiger partial charge in [-0.05, 0) is 37.5 Å². The lowest BCUT2D eigenvalue weighted by atomic mass is 10.1. The third-order valence-electron chi connectivity index (χ3n) is 3.99. The maximum atomic E-state index is 11.8. The van der Waals surface area contributed by atoms with E-state index in [1.807, 2.05) is 31.2 Å². The van der Waals surface area contributed by atoms with Gasteiger partial charge >= 0.3 is 18.0 Å². The Hall–Kier alpha value is -2.77. The molecule has 8 heteroatoms. The van der Waals surface area contributed by atoms with Gasteiger partial charge in [-0.1, -0.05) is 12.1 Å². The molecule has 1 saturated heterocycles. The van der Waals surface area contributed by atoms with Crippen molar-refractivity contribution in [3.05, 3.63) is 29.8 Å². The molecule has 1 aromatic rings. The van der Waals surface area contributed by atoms with Crippen molar-refractivity contribution in [2.75, 3.05) is 24.5 Å². The van der Waals surface area contributed by atoms with Crippen LogP contribution in [0.3, 0.4) is 0 Å². The smallest absolute Gasteiger partial charge is 0.321 e. The Kier molecular flexibility index (Phi) is 6.62. The number of amides is 4. The molecule has 1 fully saturated rings. The largest absolute Gasteiger partial charge is 0.481 e. The first-order valence-corrected chi connectivity index (χ1v) is 8.39. The van der Waals surface area contributed by atoms with Crippen LogP contribution in [0.1, 0.15) is 37.8 Å². The fourth-order valence-corrected chi connectivity index (χ4v) is 2.59. The highest BCUT2D eigenvalue weighted by Crippen LogP contribution is 2.20. The van der Waals surface area contributed by atoms with Crippen LogP contribution < -0.4 is 20.9 Å². The number of nitrogens with zero attached hydrogens (tertiary/aromatic N) is 1. The van der Waals surface area contributed by atoms with Gasteiger partial charge in [-0.3, -0.25) is 9.69 Å². The van der Waals surface area contributed by atoms with Gasteiger partial charge in [0, 0.05) is 31.7 Å². The summed E-state index contributed by atoms with van der Waals surface area (Å²) in [4.78, 5) is 35.7. The molecule has 136 valence electrons. The van der Waals surface area contributed by atoms with E-state index in [0.717, 1.165) is 17.7 Å². The summed E-state index contributed by atoms with van der Waals surface area (Å²) in [5, 5.41) is 16.8. The Balaban J connectivity index is 1.83. The molecule has 4 N–H and O–H groups in total. The quantitative estimate of drug-likeness (QED) is 0.563. The van der Waals surface area contributed by atoms with Crippen molar-refractivity contribution in [3.63, 3.8) is 0 Å². The van der Waals surface area contributed by atoms with Crippen LogP contribution in [0.2, 0.25) is 0 Å². The summed E-state index contributed by atoms with van der Waals surface area (Å²) in [6.45, 7) is 3.57. The zero-order chi connectivity index (χ0) is 18.2. The average Bonchev–Trinajstić information content (AvgIpc) is 2.59. The Morgan fingerprint density at radius 2 is 2.04 bits per heavy atom. The highest BCUT2D eigenvalue weighted by molar-refractivity contribution is 5.92. The Labute approximate surface area is 146 Å². The fourth-order valence-electron chi connectivity index (χ4n) is 2.59. The summed E-state index contributed by atoms with van der Waals surface area (Å²) in [5.74, 6) is -0.877. The monoisotopic (exact) mass is 348 g/mol. The lowest BCUT2D eigenvalue weighted by molar-refractivity contribution is -0.137. The molecule has 1 unspecified atom stereocenters. The summed E-state index contributed by atoms with van der Waals surface area (Å²) in [6.07, 6.45) is 1.33. The summed E-state index contributed by atoms with van der Waals surface area (Å²) in [7, 11) is 0. The van der Waals surface area contributed by atoms with Crippen molar-refractivity contribution in [3.8, 4) is 0 Å². The molecular formula is C17H24N4O4. The van der Waals surface area contributed by atoms with Gasteiger partial charge in [0.05, 0.1) is 6.04 Å². The minimum atomic E-state index is -0.877. The van der Waals surface area contributed by atoms with E-state index in [4.69, 9.17) is 5.11 Å². The summed E-state index contributed by atoms with van der Waals surface area (Å²) >= 11 is 0. The van der Waals surface area contributed by atoms with E-state index in [-0.39, 0.29) is 24.5 Å². The van der Waals surface area contributed by atoms with Gasteiger partial charge in [-0.15, -0.1) is 0 Å². The SMILES string of the molecule is CC(NC(=O)NCCCC(=O)O)c1ccc(N2CCCNC2=O)cc1. The van der Waals surface area contributed by atoms with Gasteiger partial charge in [-0.2, -0.15) is 0 Å². The summed E-state index contributed by atoms with van der Waals surface area (Å²) in [5.41, 5.74) is 1.74. The lowest BCUT2D eigenvalue weighted by Gasteiger charge is -2.27. The maximum absolute atomic E-state index is 11.8. The third kappa shape index (κ3) is 5.66. The van der Waals surface area contributed by atoms with Gasteiger partial charge in [0.25, 0.3) is 0 Å². The van der Waals surface area contributed by atoms with Crippen molar-refractivity contribution >= 4 is 23.7 Å². The zero-order valence-corrected chi connectivity index (χ0v) is 14.2. The summed E-state index contributed by atoms with van der Waals surface area (Å²) in [6, 6.07) is 6.86. The number of nitrogens with one attached hydrogen (secondary N) is 3. The first-order chi connectivity index (χ1) is 12.0. The molecule has 0 saturated carbocycles. The van der Waals surface area contributed by atoms with Gasteiger partial charge < -0.3 is 21.1 Å². The number of hydrogen-bond acceptors (Lipinski definition) is 3. The molecule has 1 aliphatic rings. The van der Waals surface area contributed by atoms with Gasteiger partial charge in [0.1, 0.15) is 0 Å². The van der Waals surface area contributed by atoms with Crippen molar-refractivity contribution in [2.45, 2.75) is 32.2 Å². The van der Waals surface area contributed by atoms with E-state index >= 15 is 0 Å². The van der Waals surface area contributed by atoms with Crippen LogP contribution in [0.25, 0.3) is 0 Å². The topological polar surface area (TPSA) is 111 Å². The second-order valence-electron chi connectivity index (χ2n) is 5.95. The van der Waals surface area contributed by atoms with Gasteiger partial charge in [0.15, 0.2) is 0 Å². The predicted molar refractivity (Wildman–Crippen MR) is 93.6 cm³/mol. The maximum Gasteiger partial charge on any atom is 0.321 e. The molecule has 1 aliphatic heterocycles. The van der Waals surface area contributed by atoms with Crippen LogP contribution in [-0.2, 0) is 4.79 Å². The number of rotatable bonds is 7. The molecule has 0 aromatic heterocycles. The second-order valence-corrected chi connectivity index (χ2v) is 5.95. The average molecular weight is 348 g/mol. The van der Waals surface area contributed by atoms with Crippen LogP contribution in [0.5, 0.6) is 0 Å². The molecule has 1 atom stereocenters. The molecule has 1 heterocycles. The van der Waals surface area contributed by atoms with Crippen LogP contribution in [0, 0.1) is 0 Å². The first-order valence-electron chi connectivity index (χ1n) is 8.39. The number of hydrogen-bond donors (Lipinski definition) is 4. The van der Waals surface area contributed by atoms with Gasteiger partial charge in [0.2, 0.25) is 0 Å². The van der Waals surface area contributed by atoms with E-state index < -0.39 is 5.97 Å². The number of benzene rings is 1. The second kappa shape index (κ2) is 8.91. The van der Waals surface area contributed by atoms with Crippen molar-refractivity contribution in [1.29, 1.82) is 0 Å². The minimum Gasteiger partial charge on any atom is -0.481 e. The number of carbonyl (C=O) groups excluding carboxylic acids is 2. The molecule has 8 nitrogen and oxygen atoms in total. The summed E-state index contributed by atoms with van der Waals surface area (Å²) < 4.78 is 0. The highest BCUT2D eigenvalue weighted by Gasteiger charge is 2.19. The van der Waals surface area contributed by atoms with E-state index in [1.165, 1.54) is 0 Å².